The van der Waals surface area contributed by atoms with Crippen LogP contribution in [-0.2, 0) is 4.79 Å². The molecule has 3 N–H and O–H groups in total. The molecular formula is C15H29N3O3. The summed E-state index contributed by atoms with van der Waals surface area (Å²) in [5.74, 6) is -0.914. The molecule has 0 aromatic rings. The number of nitrogens with zero attached hydrogens (tertiary/aromatic N) is 1. The molecule has 1 aliphatic carbocycles. The second-order valence-corrected chi connectivity index (χ2v) is 5.71. The van der Waals surface area contributed by atoms with Gasteiger partial charge in [0.25, 0.3) is 0 Å². The fourth-order valence-corrected chi connectivity index (χ4v) is 2.85. The third-order valence-corrected chi connectivity index (χ3v) is 4.33. The Labute approximate surface area is 127 Å². The first-order chi connectivity index (χ1) is 10.0. The third kappa shape index (κ3) is 5.53. The van der Waals surface area contributed by atoms with E-state index in [-0.39, 0.29) is 6.03 Å². The molecule has 0 saturated heterocycles. The zero-order chi connectivity index (χ0) is 15.7. The van der Waals surface area contributed by atoms with Gasteiger partial charge in [-0.3, -0.25) is 0 Å². The number of carbonyl (C=O) groups is 2. The van der Waals surface area contributed by atoms with Crippen LogP contribution in [0.25, 0.3) is 0 Å². The summed E-state index contributed by atoms with van der Waals surface area (Å²) in [5.41, 5.74) is -1.09. The van der Waals surface area contributed by atoms with E-state index in [1.54, 1.807) is 0 Å². The van der Waals surface area contributed by atoms with Gasteiger partial charge in [-0.2, -0.15) is 0 Å². The summed E-state index contributed by atoms with van der Waals surface area (Å²) >= 11 is 0. The summed E-state index contributed by atoms with van der Waals surface area (Å²) in [4.78, 5) is 25.8. The fourth-order valence-electron chi connectivity index (χ4n) is 2.85. The zero-order valence-corrected chi connectivity index (χ0v) is 13.3. The summed E-state index contributed by atoms with van der Waals surface area (Å²) in [6.45, 7) is 7.35. The van der Waals surface area contributed by atoms with Crippen LogP contribution < -0.4 is 10.6 Å². The average Bonchev–Trinajstić information content (AvgIpc) is 2.70. The minimum atomic E-state index is -1.09. The van der Waals surface area contributed by atoms with Crippen molar-refractivity contribution < 1.29 is 14.7 Å². The molecule has 21 heavy (non-hydrogen) atoms. The highest BCUT2D eigenvalue weighted by atomic mass is 16.4. The van der Waals surface area contributed by atoms with Crippen molar-refractivity contribution in [2.24, 2.45) is 0 Å². The highest BCUT2D eigenvalue weighted by Crippen LogP contribution is 2.27. The molecule has 6 heteroatoms. The van der Waals surface area contributed by atoms with Crippen LogP contribution in [0.3, 0.4) is 0 Å². The number of aliphatic carboxylic acids is 1. The highest BCUT2D eigenvalue weighted by Gasteiger charge is 2.39. The molecule has 0 radical (unpaired) electrons. The molecular weight excluding hydrogens is 270 g/mol. The average molecular weight is 299 g/mol. The van der Waals surface area contributed by atoms with Crippen LogP contribution in [-0.4, -0.2) is 53.7 Å². The lowest BCUT2D eigenvalue weighted by atomic mass is 9.90. The number of rotatable bonds is 7. The number of hydrogen-bond donors (Lipinski definition) is 3. The van der Waals surface area contributed by atoms with Gasteiger partial charge < -0.3 is 20.6 Å². The van der Waals surface area contributed by atoms with E-state index in [0.29, 0.717) is 19.4 Å². The monoisotopic (exact) mass is 299 g/mol. The Morgan fingerprint density at radius 3 is 2.14 bits per heavy atom. The number of carboxylic acids is 1. The van der Waals surface area contributed by atoms with E-state index < -0.39 is 11.5 Å². The maximum atomic E-state index is 12.0. The Kier molecular flexibility index (Phi) is 7.50. The number of carbonyl (C=O) groups excluding carboxylic acids is 1. The molecule has 1 rings (SSSR count). The van der Waals surface area contributed by atoms with Crippen LogP contribution in [0, 0.1) is 0 Å². The summed E-state index contributed by atoms with van der Waals surface area (Å²) < 4.78 is 0. The first kappa shape index (κ1) is 17.8. The normalized spacial score (nSPS) is 18.0. The van der Waals surface area contributed by atoms with Gasteiger partial charge in [0.1, 0.15) is 5.54 Å². The number of nitrogens with one attached hydrogen (secondary N) is 2. The van der Waals surface area contributed by atoms with Crippen LogP contribution in [0.5, 0.6) is 0 Å². The lowest BCUT2D eigenvalue weighted by molar-refractivity contribution is -0.145. The van der Waals surface area contributed by atoms with E-state index >= 15 is 0 Å². The van der Waals surface area contributed by atoms with Gasteiger partial charge in [0.15, 0.2) is 0 Å². The van der Waals surface area contributed by atoms with Crippen LogP contribution in [0.1, 0.15) is 52.4 Å². The minimum Gasteiger partial charge on any atom is -0.480 e. The van der Waals surface area contributed by atoms with E-state index in [9.17, 15) is 14.7 Å². The standard InChI is InChI=1S/C15H29N3O3/c1-3-18(4-2)12-11-16-14(21)17-15(13(19)20)9-7-5-6-8-10-15/h3-12H2,1-2H3,(H,19,20)(H2,16,17,21). The topological polar surface area (TPSA) is 81.7 Å². The zero-order valence-electron chi connectivity index (χ0n) is 13.3. The third-order valence-electron chi connectivity index (χ3n) is 4.33. The van der Waals surface area contributed by atoms with E-state index in [1.165, 1.54) is 0 Å². The number of hydrogen-bond acceptors (Lipinski definition) is 3. The molecule has 122 valence electrons. The molecule has 0 heterocycles. The van der Waals surface area contributed by atoms with Gasteiger partial charge in [-0.25, -0.2) is 9.59 Å². The molecule has 1 fully saturated rings. The van der Waals surface area contributed by atoms with Gasteiger partial charge in [0.05, 0.1) is 0 Å². The summed E-state index contributed by atoms with van der Waals surface area (Å²) in [7, 11) is 0. The number of likely N-dealkylation sites (N-methyl/N-ethyl adjacent to an activating group) is 1. The summed E-state index contributed by atoms with van der Waals surface area (Å²) in [6, 6.07) is -0.369. The predicted octanol–water partition coefficient (Wildman–Crippen LogP) is 1.80. The van der Waals surface area contributed by atoms with Crippen molar-refractivity contribution in [2.75, 3.05) is 26.2 Å². The molecule has 0 unspecified atom stereocenters. The van der Waals surface area contributed by atoms with Crippen molar-refractivity contribution in [3.63, 3.8) is 0 Å². The molecule has 0 atom stereocenters. The van der Waals surface area contributed by atoms with Gasteiger partial charge in [-0.1, -0.05) is 39.5 Å². The van der Waals surface area contributed by atoms with Gasteiger partial charge >= 0.3 is 12.0 Å². The minimum absolute atomic E-state index is 0.369. The second-order valence-electron chi connectivity index (χ2n) is 5.71. The van der Waals surface area contributed by atoms with E-state index in [4.69, 9.17) is 0 Å². The summed E-state index contributed by atoms with van der Waals surface area (Å²) in [5, 5.41) is 15.0. The number of amides is 2. The van der Waals surface area contributed by atoms with E-state index in [2.05, 4.69) is 29.4 Å². The van der Waals surface area contributed by atoms with Crippen molar-refractivity contribution in [3.05, 3.63) is 0 Å². The smallest absolute Gasteiger partial charge is 0.329 e. The van der Waals surface area contributed by atoms with Gasteiger partial charge in [-0.05, 0) is 25.9 Å². The quantitative estimate of drug-likeness (QED) is 0.626. The second kappa shape index (κ2) is 8.87. The molecule has 1 saturated carbocycles. The van der Waals surface area contributed by atoms with Crippen LogP contribution in [0.2, 0.25) is 0 Å². The predicted molar refractivity (Wildman–Crippen MR) is 82.4 cm³/mol. The molecule has 0 aromatic heterocycles. The molecule has 0 aromatic carbocycles. The highest BCUT2D eigenvalue weighted by molar-refractivity contribution is 5.86. The Morgan fingerprint density at radius 1 is 1.10 bits per heavy atom. The van der Waals surface area contributed by atoms with Gasteiger partial charge in [-0.15, -0.1) is 0 Å². The SMILES string of the molecule is CCN(CC)CCNC(=O)NC1(C(=O)O)CCCCCC1. The van der Waals surface area contributed by atoms with Crippen molar-refractivity contribution in [2.45, 2.75) is 57.9 Å². The number of carboxylic acid groups (broad SMARTS) is 1. The van der Waals surface area contributed by atoms with E-state index in [0.717, 1.165) is 45.3 Å². The van der Waals surface area contributed by atoms with Crippen molar-refractivity contribution >= 4 is 12.0 Å². The van der Waals surface area contributed by atoms with Crippen LogP contribution in [0.4, 0.5) is 4.79 Å². The first-order valence-corrected chi connectivity index (χ1v) is 8.06. The van der Waals surface area contributed by atoms with Gasteiger partial charge in [0, 0.05) is 13.1 Å². The molecule has 0 spiro atoms. The lowest BCUT2D eigenvalue weighted by Gasteiger charge is -2.29. The lowest BCUT2D eigenvalue weighted by Crippen LogP contribution is -2.57. The molecule has 0 bridgehead atoms. The maximum absolute atomic E-state index is 12.0. The van der Waals surface area contributed by atoms with Crippen LogP contribution in [0.15, 0.2) is 0 Å². The molecule has 0 aliphatic heterocycles. The van der Waals surface area contributed by atoms with Crippen molar-refractivity contribution in [1.29, 1.82) is 0 Å². The Balaban J connectivity index is 2.47. The molecule has 1 aliphatic rings. The van der Waals surface area contributed by atoms with Gasteiger partial charge in [0.2, 0.25) is 0 Å². The maximum Gasteiger partial charge on any atom is 0.329 e. The van der Waals surface area contributed by atoms with Crippen molar-refractivity contribution in [3.8, 4) is 0 Å². The first-order valence-electron chi connectivity index (χ1n) is 8.06. The van der Waals surface area contributed by atoms with Crippen molar-refractivity contribution in [1.82, 2.24) is 15.5 Å². The molecule has 2 amide bonds. The summed E-state index contributed by atoms with van der Waals surface area (Å²) in [6.07, 6.45) is 4.83. The molecule has 6 nitrogen and oxygen atoms in total. The fraction of sp³-hybridized carbons (Fsp3) is 0.867. The van der Waals surface area contributed by atoms with Crippen LogP contribution >= 0.6 is 0 Å². The Morgan fingerprint density at radius 2 is 1.67 bits per heavy atom. The Hall–Kier alpha value is -1.30. The Bertz CT molecular complexity index is 335. The van der Waals surface area contributed by atoms with E-state index in [1.807, 2.05) is 0 Å². The largest absolute Gasteiger partial charge is 0.480 e. The number of urea groups is 1.